The fourth-order valence-corrected chi connectivity index (χ4v) is 1.31. The van der Waals surface area contributed by atoms with Gasteiger partial charge < -0.3 is 16.0 Å². The van der Waals surface area contributed by atoms with Gasteiger partial charge in [-0.05, 0) is 7.05 Å². The summed E-state index contributed by atoms with van der Waals surface area (Å²) in [5.41, 5.74) is 7.30. The maximum atomic E-state index is 5.75. The Hall–Kier alpha value is -2.06. The van der Waals surface area contributed by atoms with E-state index in [0.717, 1.165) is 16.6 Å². The second kappa shape index (κ2) is 3.98. The summed E-state index contributed by atoms with van der Waals surface area (Å²) >= 11 is 0. The summed E-state index contributed by atoms with van der Waals surface area (Å²) in [6.07, 6.45) is 3.22. The van der Waals surface area contributed by atoms with E-state index in [9.17, 15) is 0 Å². The average molecular weight is 201 g/mol. The average Bonchev–Trinajstić information content (AvgIpc) is 2.63. The fourth-order valence-electron chi connectivity index (χ4n) is 1.31. The van der Waals surface area contributed by atoms with Crippen molar-refractivity contribution in [1.29, 1.82) is 0 Å². The van der Waals surface area contributed by atoms with Gasteiger partial charge in [0.2, 0.25) is 0 Å². The molecule has 0 atom stereocenters. The second-order valence-corrected chi connectivity index (χ2v) is 3.02. The first-order valence-electron chi connectivity index (χ1n) is 4.54. The summed E-state index contributed by atoms with van der Waals surface area (Å²) < 4.78 is 0. The molecule has 0 saturated carbocycles. The molecule has 0 saturated heterocycles. The highest BCUT2D eigenvalue weighted by Crippen LogP contribution is 2.19. The zero-order chi connectivity index (χ0) is 10.7. The highest BCUT2D eigenvalue weighted by atomic mass is 15.0. The second-order valence-electron chi connectivity index (χ2n) is 3.02. The SMILES string of the molecule is CNCC#Cc1c[nH]c2ncnc(N)c12. The minimum Gasteiger partial charge on any atom is -0.383 e. The van der Waals surface area contributed by atoms with Gasteiger partial charge in [-0.1, -0.05) is 11.8 Å². The van der Waals surface area contributed by atoms with Crippen LogP contribution in [-0.4, -0.2) is 28.5 Å². The van der Waals surface area contributed by atoms with Crippen LogP contribution in [0.5, 0.6) is 0 Å². The van der Waals surface area contributed by atoms with Gasteiger partial charge in [0.05, 0.1) is 17.5 Å². The Morgan fingerprint density at radius 2 is 2.40 bits per heavy atom. The highest BCUT2D eigenvalue weighted by Gasteiger charge is 2.05. The van der Waals surface area contributed by atoms with Crippen molar-refractivity contribution in [3.63, 3.8) is 0 Å². The smallest absolute Gasteiger partial charge is 0.144 e. The van der Waals surface area contributed by atoms with Crippen molar-refractivity contribution in [2.45, 2.75) is 0 Å². The Kier molecular flexibility index (Phi) is 2.52. The van der Waals surface area contributed by atoms with Gasteiger partial charge in [0.25, 0.3) is 0 Å². The summed E-state index contributed by atoms with van der Waals surface area (Å²) in [4.78, 5) is 11.0. The Morgan fingerprint density at radius 1 is 1.53 bits per heavy atom. The van der Waals surface area contributed by atoms with E-state index in [4.69, 9.17) is 5.73 Å². The highest BCUT2D eigenvalue weighted by molar-refractivity contribution is 5.91. The Balaban J connectivity index is 2.50. The van der Waals surface area contributed by atoms with Crippen LogP contribution in [0.2, 0.25) is 0 Å². The normalized spacial score (nSPS) is 9.93. The third kappa shape index (κ3) is 1.75. The van der Waals surface area contributed by atoms with E-state index >= 15 is 0 Å². The Bertz CT molecular complexity index is 531. The first-order chi connectivity index (χ1) is 7.33. The summed E-state index contributed by atoms with van der Waals surface area (Å²) in [6, 6.07) is 0. The quantitative estimate of drug-likeness (QED) is 0.572. The van der Waals surface area contributed by atoms with Crippen LogP contribution in [0, 0.1) is 11.8 Å². The lowest BCUT2D eigenvalue weighted by atomic mass is 10.2. The van der Waals surface area contributed by atoms with Crippen LogP contribution in [-0.2, 0) is 0 Å². The molecule has 0 bridgehead atoms. The molecule has 0 radical (unpaired) electrons. The Labute approximate surface area is 87.1 Å². The van der Waals surface area contributed by atoms with Gasteiger partial charge >= 0.3 is 0 Å². The number of H-pyrrole nitrogens is 1. The standard InChI is InChI=1S/C10H11N5/c1-12-4-2-3-7-5-13-10-8(7)9(11)14-6-15-10/h5-6,12H,4H2,1H3,(H3,11,13,14,15). The molecule has 5 heteroatoms. The third-order valence-electron chi connectivity index (χ3n) is 1.99. The van der Waals surface area contributed by atoms with E-state index < -0.39 is 0 Å². The monoisotopic (exact) mass is 201 g/mol. The van der Waals surface area contributed by atoms with E-state index in [1.807, 2.05) is 7.05 Å². The van der Waals surface area contributed by atoms with Crippen molar-refractivity contribution < 1.29 is 0 Å². The lowest BCUT2D eigenvalue weighted by Crippen LogP contribution is -2.04. The Morgan fingerprint density at radius 3 is 3.20 bits per heavy atom. The third-order valence-corrected chi connectivity index (χ3v) is 1.99. The van der Waals surface area contributed by atoms with Gasteiger partial charge in [-0.25, -0.2) is 9.97 Å². The maximum Gasteiger partial charge on any atom is 0.144 e. The van der Waals surface area contributed by atoms with Crippen molar-refractivity contribution in [3.05, 3.63) is 18.1 Å². The molecule has 0 spiro atoms. The zero-order valence-electron chi connectivity index (χ0n) is 8.33. The van der Waals surface area contributed by atoms with Crippen LogP contribution in [0.4, 0.5) is 5.82 Å². The zero-order valence-corrected chi connectivity index (χ0v) is 8.33. The van der Waals surface area contributed by atoms with Crippen LogP contribution in [0.15, 0.2) is 12.5 Å². The number of aromatic amines is 1. The van der Waals surface area contributed by atoms with Crippen molar-refractivity contribution in [2.75, 3.05) is 19.3 Å². The lowest BCUT2D eigenvalue weighted by molar-refractivity contribution is 0.938. The van der Waals surface area contributed by atoms with Crippen LogP contribution in [0.1, 0.15) is 5.56 Å². The van der Waals surface area contributed by atoms with Crippen LogP contribution < -0.4 is 11.1 Å². The van der Waals surface area contributed by atoms with Gasteiger partial charge in [0.15, 0.2) is 0 Å². The van der Waals surface area contributed by atoms with Crippen molar-refractivity contribution in [3.8, 4) is 11.8 Å². The van der Waals surface area contributed by atoms with Gasteiger partial charge in [-0.2, -0.15) is 0 Å². The van der Waals surface area contributed by atoms with E-state index in [1.54, 1.807) is 6.20 Å². The lowest BCUT2D eigenvalue weighted by Gasteiger charge is -1.93. The molecular formula is C10H11N5. The number of anilines is 1. The number of nitrogen functional groups attached to an aromatic ring is 1. The number of nitrogens with two attached hydrogens (primary N) is 1. The van der Waals surface area contributed by atoms with E-state index in [2.05, 4.69) is 32.1 Å². The first kappa shape index (κ1) is 9.49. The molecule has 0 aliphatic carbocycles. The maximum absolute atomic E-state index is 5.75. The molecular weight excluding hydrogens is 190 g/mol. The topological polar surface area (TPSA) is 79.6 Å². The molecule has 0 aliphatic rings. The van der Waals surface area contributed by atoms with Crippen molar-refractivity contribution in [1.82, 2.24) is 20.3 Å². The summed E-state index contributed by atoms with van der Waals surface area (Å²) in [6.45, 7) is 0.639. The molecule has 76 valence electrons. The molecule has 0 aliphatic heterocycles. The van der Waals surface area contributed by atoms with Crippen molar-refractivity contribution >= 4 is 16.9 Å². The molecule has 2 aromatic rings. The van der Waals surface area contributed by atoms with Gasteiger partial charge in [-0.3, -0.25) is 0 Å². The molecule has 0 amide bonds. The molecule has 2 aromatic heterocycles. The van der Waals surface area contributed by atoms with Crippen LogP contribution >= 0.6 is 0 Å². The van der Waals surface area contributed by atoms with Crippen LogP contribution in [0.25, 0.3) is 11.0 Å². The van der Waals surface area contributed by atoms with Crippen molar-refractivity contribution in [2.24, 2.45) is 0 Å². The number of hydrogen-bond acceptors (Lipinski definition) is 4. The number of nitrogens with one attached hydrogen (secondary N) is 2. The number of fused-ring (bicyclic) bond motifs is 1. The number of rotatable bonds is 1. The number of aromatic nitrogens is 3. The van der Waals surface area contributed by atoms with Gasteiger partial charge in [-0.15, -0.1) is 0 Å². The predicted molar refractivity (Wildman–Crippen MR) is 59.1 cm³/mol. The fraction of sp³-hybridized carbons (Fsp3) is 0.200. The largest absolute Gasteiger partial charge is 0.383 e. The molecule has 5 nitrogen and oxygen atoms in total. The van der Waals surface area contributed by atoms with E-state index in [1.165, 1.54) is 6.33 Å². The number of hydrogen-bond donors (Lipinski definition) is 3. The van der Waals surface area contributed by atoms with E-state index in [0.29, 0.717) is 12.4 Å². The summed E-state index contributed by atoms with van der Waals surface area (Å²) in [7, 11) is 1.85. The molecule has 0 aromatic carbocycles. The van der Waals surface area contributed by atoms with Crippen LogP contribution in [0.3, 0.4) is 0 Å². The molecule has 0 fully saturated rings. The van der Waals surface area contributed by atoms with E-state index in [-0.39, 0.29) is 0 Å². The number of nitrogens with zero attached hydrogens (tertiary/aromatic N) is 2. The summed E-state index contributed by atoms with van der Waals surface area (Å²) in [5, 5.41) is 3.74. The van der Waals surface area contributed by atoms with Gasteiger partial charge in [0.1, 0.15) is 17.8 Å². The molecule has 15 heavy (non-hydrogen) atoms. The molecule has 2 rings (SSSR count). The molecule has 0 unspecified atom stereocenters. The summed E-state index contributed by atoms with van der Waals surface area (Å²) in [5.74, 6) is 6.42. The minimum atomic E-state index is 0.454. The molecule has 4 N–H and O–H groups in total. The first-order valence-corrected chi connectivity index (χ1v) is 4.54. The minimum absolute atomic E-state index is 0.454. The molecule has 2 heterocycles. The predicted octanol–water partition coefficient (Wildman–Crippen LogP) is 0.111. The van der Waals surface area contributed by atoms with Gasteiger partial charge in [0, 0.05) is 6.20 Å².